The molecule has 0 aliphatic heterocycles. The van der Waals surface area contributed by atoms with Crippen molar-refractivity contribution >= 4 is 35.4 Å². The fourth-order valence-corrected chi connectivity index (χ4v) is 3.50. The Morgan fingerprint density at radius 1 is 0.696 bits per heavy atom. The van der Waals surface area contributed by atoms with Gasteiger partial charge < -0.3 is 14.6 Å². The van der Waals surface area contributed by atoms with E-state index >= 15 is 0 Å². The van der Waals surface area contributed by atoms with Gasteiger partial charge in [-0.25, -0.2) is 14.4 Å². The molecule has 2 atom stereocenters. The number of amides is 2. The van der Waals surface area contributed by atoms with Crippen LogP contribution in [0.2, 0.25) is 0 Å². The van der Waals surface area contributed by atoms with Gasteiger partial charge in [0.15, 0.2) is 0 Å². The number of carbonyl (C=O) groups excluding carboxylic acids is 4. The topological polar surface area (TPSA) is 191 Å². The van der Waals surface area contributed by atoms with Crippen molar-refractivity contribution in [1.29, 1.82) is 0 Å². The van der Waals surface area contributed by atoms with E-state index in [1.165, 1.54) is 0 Å². The molecule has 2 amide bonds. The summed E-state index contributed by atoms with van der Waals surface area (Å²) in [5.41, 5.74) is -1.66. The number of aliphatic carboxylic acids is 1. The second kappa shape index (κ2) is 13.7. The standard InChI is InChI=1S/C27H17F6N3O10/c28-26(29,30)16-5-1-3-14(11-16)24(41)45-19(22(38)35-34-21(37)13-7-9-18(10-8-13)36(43)44)20(23(39)40)46-25(42)15-4-2-6-17(12-15)27(31,32)33/h1-12,19-20H,(H,34,37)(H,35,38)(H,39,40)/t19-,20-/m1/s1. The van der Waals surface area contributed by atoms with Gasteiger partial charge in [0.25, 0.3) is 17.5 Å². The van der Waals surface area contributed by atoms with E-state index in [0.29, 0.717) is 12.1 Å². The smallest absolute Gasteiger partial charge is 0.416 e. The molecule has 0 spiro atoms. The molecule has 3 rings (SSSR count). The number of hydrogen-bond donors (Lipinski definition) is 3. The van der Waals surface area contributed by atoms with E-state index in [1.54, 1.807) is 10.9 Å². The van der Waals surface area contributed by atoms with Gasteiger partial charge in [-0.3, -0.25) is 30.6 Å². The van der Waals surface area contributed by atoms with Crippen molar-refractivity contribution in [3.05, 3.63) is 111 Å². The third-order valence-corrected chi connectivity index (χ3v) is 5.74. The van der Waals surface area contributed by atoms with Gasteiger partial charge in [0.2, 0.25) is 12.2 Å². The summed E-state index contributed by atoms with van der Waals surface area (Å²) in [6, 6.07) is 8.64. The van der Waals surface area contributed by atoms with Gasteiger partial charge in [0.05, 0.1) is 27.2 Å². The summed E-state index contributed by atoms with van der Waals surface area (Å²) in [4.78, 5) is 72.9. The summed E-state index contributed by atoms with van der Waals surface area (Å²) >= 11 is 0. The molecule has 0 unspecified atom stereocenters. The van der Waals surface area contributed by atoms with Crippen molar-refractivity contribution in [3.8, 4) is 0 Å². The molecule has 19 heteroatoms. The Bertz CT molecular complexity index is 1680. The zero-order chi connectivity index (χ0) is 34.4. The van der Waals surface area contributed by atoms with Crippen molar-refractivity contribution in [1.82, 2.24) is 10.9 Å². The number of carboxylic acid groups (broad SMARTS) is 1. The summed E-state index contributed by atoms with van der Waals surface area (Å²) in [6.45, 7) is 0. The minimum atomic E-state index is -4.95. The minimum absolute atomic E-state index is 0.283. The minimum Gasteiger partial charge on any atom is -0.478 e. The Morgan fingerprint density at radius 3 is 1.57 bits per heavy atom. The number of nitro groups is 1. The zero-order valence-electron chi connectivity index (χ0n) is 22.4. The largest absolute Gasteiger partial charge is 0.478 e. The number of nitro benzene ring substituents is 1. The first kappa shape index (κ1) is 34.5. The first-order valence-electron chi connectivity index (χ1n) is 12.2. The number of esters is 2. The maximum atomic E-state index is 13.1. The maximum absolute atomic E-state index is 13.1. The number of carbonyl (C=O) groups is 5. The number of alkyl halides is 6. The van der Waals surface area contributed by atoms with Crippen LogP contribution < -0.4 is 10.9 Å². The highest BCUT2D eigenvalue weighted by Gasteiger charge is 2.42. The molecular formula is C27H17F6N3O10. The lowest BCUT2D eigenvalue weighted by Crippen LogP contribution is -2.54. The van der Waals surface area contributed by atoms with Gasteiger partial charge in [0.1, 0.15) is 0 Å². The number of hydrazine groups is 1. The van der Waals surface area contributed by atoms with Crippen LogP contribution in [0.15, 0.2) is 72.8 Å². The summed E-state index contributed by atoms with van der Waals surface area (Å²) in [7, 11) is 0. The molecule has 0 bridgehead atoms. The number of halogens is 6. The zero-order valence-corrected chi connectivity index (χ0v) is 22.4. The van der Waals surface area contributed by atoms with Crippen LogP contribution in [0, 0.1) is 10.1 Å². The van der Waals surface area contributed by atoms with Gasteiger partial charge in [0, 0.05) is 17.7 Å². The molecule has 0 aromatic heterocycles. The molecule has 0 radical (unpaired) electrons. The molecule has 0 saturated heterocycles. The third kappa shape index (κ3) is 8.77. The highest BCUT2D eigenvalue weighted by molar-refractivity contribution is 5.99. The Balaban J connectivity index is 1.92. The number of nitrogens with zero attached hydrogens (tertiary/aromatic N) is 1. The van der Waals surface area contributed by atoms with E-state index in [4.69, 9.17) is 9.47 Å². The quantitative estimate of drug-likeness (QED) is 0.132. The van der Waals surface area contributed by atoms with Crippen molar-refractivity contribution in [2.45, 2.75) is 24.6 Å². The van der Waals surface area contributed by atoms with Crippen LogP contribution in [0.4, 0.5) is 32.0 Å². The fraction of sp³-hybridized carbons (Fsp3) is 0.148. The average Bonchev–Trinajstić information content (AvgIpc) is 3.00. The number of non-ortho nitro benzene ring substituents is 1. The first-order chi connectivity index (χ1) is 21.4. The van der Waals surface area contributed by atoms with E-state index in [9.17, 15) is 65.5 Å². The lowest BCUT2D eigenvalue weighted by molar-refractivity contribution is -0.384. The highest BCUT2D eigenvalue weighted by Crippen LogP contribution is 2.31. The van der Waals surface area contributed by atoms with Crippen LogP contribution in [0.5, 0.6) is 0 Å². The Hall–Kier alpha value is -6.01. The molecule has 242 valence electrons. The molecular weight excluding hydrogens is 640 g/mol. The number of benzene rings is 3. The van der Waals surface area contributed by atoms with E-state index in [0.717, 1.165) is 48.5 Å². The lowest BCUT2D eigenvalue weighted by Gasteiger charge is -2.24. The van der Waals surface area contributed by atoms with Crippen molar-refractivity contribution in [2.24, 2.45) is 0 Å². The van der Waals surface area contributed by atoms with E-state index in [-0.39, 0.29) is 17.7 Å². The van der Waals surface area contributed by atoms with E-state index < -0.39 is 87.1 Å². The van der Waals surface area contributed by atoms with Crippen LogP contribution >= 0.6 is 0 Å². The molecule has 3 aromatic rings. The molecule has 0 fully saturated rings. The van der Waals surface area contributed by atoms with Crippen LogP contribution in [-0.4, -0.2) is 52.0 Å². The van der Waals surface area contributed by atoms with Crippen molar-refractivity contribution in [2.75, 3.05) is 0 Å². The molecule has 46 heavy (non-hydrogen) atoms. The predicted octanol–water partition coefficient (Wildman–Crippen LogP) is 3.93. The van der Waals surface area contributed by atoms with Gasteiger partial charge in [-0.2, -0.15) is 26.3 Å². The molecule has 0 aliphatic rings. The predicted molar refractivity (Wildman–Crippen MR) is 138 cm³/mol. The fourth-order valence-electron chi connectivity index (χ4n) is 3.50. The SMILES string of the molecule is O=C(NNC(=O)[C@H](OC(=O)c1cccc(C(F)(F)F)c1)[C@@H](OC(=O)c1cccc(C(F)(F)F)c1)C(=O)O)c1ccc([N+](=O)[O-])cc1. The molecule has 0 heterocycles. The third-order valence-electron chi connectivity index (χ3n) is 5.74. The van der Waals surface area contributed by atoms with Gasteiger partial charge in [-0.1, -0.05) is 12.1 Å². The van der Waals surface area contributed by atoms with Crippen LogP contribution in [0.1, 0.15) is 42.2 Å². The number of rotatable bonds is 9. The maximum Gasteiger partial charge on any atom is 0.416 e. The van der Waals surface area contributed by atoms with Crippen LogP contribution in [0.3, 0.4) is 0 Å². The summed E-state index contributed by atoms with van der Waals surface area (Å²) < 4.78 is 88.2. The highest BCUT2D eigenvalue weighted by atomic mass is 19.4. The Labute approximate surface area is 251 Å². The number of ether oxygens (including phenoxy) is 2. The number of carboxylic acids is 1. The van der Waals surface area contributed by atoms with Crippen LogP contribution in [0.25, 0.3) is 0 Å². The second-order valence-corrected chi connectivity index (χ2v) is 8.89. The van der Waals surface area contributed by atoms with E-state index in [2.05, 4.69) is 0 Å². The molecule has 0 saturated carbocycles. The van der Waals surface area contributed by atoms with Crippen LogP contribution in [-0.2, 0) is 31.4 Å². The van der Waals surface area contributed by atoms with Gasteiger partial charge >= 0.3 is 30.3 Å². The lowest BCUT2D eigenvalue weighted by atomic mass is 10.1. The first-order valence-corrected chi connectivity index (χ1v) is 12.2. The number of nitrogens with one attached hydrogen (secondary N) is 2. The summed E-state index contributed by atoms with van der Waals surface area (Å²) in [5.74, 6) is -8.59. The van der Waals surface area contributed by atoms with Gasteiger partial charge in [-0.15, -0.1) is 0 Å². The van der Waals surface area contributed by atoms with E-state index in [1.807, 2.05) is 0 Å². The monoisotopic (exact) mass is 657 g/mol. The molecule has 3 N–H and O–H groups in total. The van der Waals surface area contributed by atoms with Crippen molar-refractivity contribution < 1.29 is 69.8 Å². The van der Waals surface area contributed by atoms with Crippen molar-refractivity contribution in [3.63, 3.8) is 0 Å². The molecule has 0 aliphatic carbocycles. The van der Waals surface area contributed by atoms with Gasteiger partial charge in [-0.05, 0) is 48.5 Å². The second-order valence-electron chi connectivity index (χ2n) is 8.89. The Kier molecular flexibility index (Phi) is 10.3. The average molecular weight is 657 g/mol. The normalized spacial score (nSPS) is 12.7. The summed E-state index contributed by atoms with van der Waals surface area (Å²) in [5, 5.41) is 20.5. The Morgan fingerprint density at radius 2 is 1.15 bits per heavy atom. The number of hydrogen-bond acceptors (Lipinski definition) is 9. The molecule has 3 aromatic carbocycles. The summed E-state index contributed by atoms with van der Waals surface area (Å²) in [6.07, 6.45) is -15.5. The molecule has 13 nitrogen and oxygen atoms in total.